The molecule has 0 fully saturated rings. The SMILES string of the molecule is C#CCNCc1nc(C2CCOc3ccccc32)no1. The Hall–Kier alpha value is -2.32. The lowest BCUT2D eigenvalue weighted by atomic mass is 9.92. The van der Waals surface area contributed by atoms with Gasteiger partial charge >= 0.3 is 0 Å². The van der Waals surface area contributed by atoms with Gasteiger partial charge < -0.3 is 9.26 Å². The van der Waals surface area contributed by atoms with Crippen LogP contribution < -0.4 is 10.1 Å². The van der Waals surface area contributed by atoms with Crippen molar-refractivity contribution in [1.82, 2.24) is 15.5 Å². The number of nitrogens with one attached hydrogen (secondary N) is 1. The van der Waals surface area contributed by atoms with E-state index in [1.54, 1.807) is 0 Å². The Morgan fingerprint density at radius 3 is 3.20 bits per heavy atom. The van der Waals surface area contributed by atoms with Crippen molar-refractivity contribution in [2.45, 2.75) is 18.9 Å². The Labute approximate surface area is 117 Å². The molecule has 1 aliphatic heterocycles. The first-order valence-corrected chi connectivity index (χ1v) is 6.57. The van der Waals surface area contributed by atoms with Gasteiger partial charge in [0, 0.05) is 5.56 Å². The molecule has 2 heterocycles. The summed E-state index contributed by atoms with van der Waals surface area (Å²) < 4.78 is 10.9. The van der Waals surface area contributed by atoms with E-state index in [4.69, 9.17) is 15.7 Å². The first-order valence-electron chi connectivity index (χ1n) is 6.57. The fourth-order valence-electron chi connectivity index (χ4n) is 2.33. The minimum atomic E-state index is 0.130. The summed E-state index contributed by atoms with van der Waals surface area (Å²) in [5.41, 5.74) is 1.11. The molecule has 102 valence electrons. The Morgan fingerprint density at radius 2 is 2.30 bits per heavy atom. The van der Waals surface area contributed by atoms with Crippen molar-refractivity contribution < 1.29 is 9.26 Å². The van der Waals surface area contributed by atoms with Gasteiger partial charge in [-0.05, 0) is 12.5 Å². The van der Waals surface area contributed by atoms with Crippen molar-refractivity contribution in [3.05, 3.63) is 41.5 Å². The number of terminal acetylenes is 1. The third-order valence-electron chi connectivity index (χ3n) is 3.26. The molecule has 1 unspecified atom stereocenters. The zero-order valence-corrected chi connectivity index (χ0v) is 11.0. The lowest BCUT2D eigenvalue weighted by Crippen LogP contribution is -2.16. The number of benzene rings is 1. The number of rotatable bonds is 4. The Morgan fingerprint density at radius 1 is 1.40 bits per heavy atom. The maximum absolute atomic E-state index is 5.64. The second-order valence-electron chi connectivity index (χ2n) is 4.58. The van der Waals surface area contributed by atoms with Crippen molar-refractivity contribution in [2.24, 2.45) is 0 Å². The minimum Gasteiger partial charge on any atom is -0.493 e. The summed E-state index contributed by atoms with van der Waals surface area (Å²) in [5.74, 6) is 4.80. The van der Waals surface area contributed by atoms with Gasteiger partial charge in [-0.1, -0.05) is 29.3 Å². The number of ether oxygens (including phenoxy) is 1. The molecule has 0 radical (unpaired) electrons. The van der Waals surface area contributed by atoms with Crippen molar-refractivity contribution in [3.8, 4) is 18.1 Å². The number of aromatic nitrogens is 2. The van der Waals surface area contributed by atoms with Gasteiger partial charge in [-0.2, -0.15) is 4.98 Å². The fraction of sp³-hybridized carbons (Fsp3) is 0.333. The van der Waals surface area contributed by atoms with Crippen LogP contribution in [0.3, 0.4) is 0 Å². The largest absolute Gasteiger partial charge is 0.493 e. The van der Waals surface area contributed by atoms with Crippen molar-refractivity contribution in [2.75, 3.05) is 13.2 Å². The second-order valence-corrected chi connectivity index (χ2v) is 4.58. The van der Waals surface area contributed by atoms with Crippen molar-refractivity contribution in [1.29, 1.82) is 0 Å². The minimum absolute atomic E-state index is 0.130. The van der Waals surface area contributed by atoms with Gasteiger partial charge in [0.05, 0.1) is 25.6 Å². The van der Waals surface area contributed by atoms with E-state index in [9.17, 15) is 0 Å². The van der Waals surface area contributed by atoms with E-state index >= 15 is 0 Å². The van der Waals surface area contributed by atoms with Crippen LogP contribution in [0.4, 0.5) is 0 Å². The highest BCUT2D eigenvalue weighted by atomic mass is 16.5. The third kappa shape index (κ3) is 2.51. The van der Waals surface area contributed by atoms with Crippen LogP contribution in [0.5, 0.6) is 5.75 Å². The van der Waals surface area contributed by atoms with Crippen LogP contribution in [-0.4, -0.2) is 23.3 Å². The molecule has 20 heavy (non-hydrogen) atoms. The molecule has 1 aromatic heterocycles. The van der Waals surface area contributed by atoms with Crippen LogP contribution in [0.2, 0.25) is 0 Å². The highest BCUT2D eigenvalue weighted by Crippen LogP contribution is 2.36. The Kier molecular flexibility index (Phi) is 3.66. The highest BCUT2D eigenvalue weighted by molar-refractivity contribution is 5.40. The molecular weight excluding hydrogens is 254 g/mol. The average Bonchev–Trinajstić information content (AvgIpc) is 2.96. The van der Waals surface area contributed by atoms with E-state index in [-0.39, 0.29) is 5.92 Å². The Bertz CT molecular complexity index is 630. The number of nitrogens with zero attached hydrogens (tertiary/aromatic N) is 2. The highest BCUT2D eigenvalue weighted by Gasteiger charge is 2.26. The molecule has 1 aliphatic rings. The molecule has 3 rings (SSSR count). The molecule has 0 amide bonds. The average molecular weight is 269 g/mol. The summed E-state index contributed by atoms with van der Waals surface area (Å²) in [6, 6.07) is 7.98. The van der Waals surface area contributed by atoms with E-state index in [1.165, 1.54) is 0 Å². The Balaban J connectivity index is 1.79. The van der Waals surface area contributed by atoms with Crippen molar-refractivity contribution in [3.63, 3.8) is 0 Å². The first-order chi connectivity index (χ1) is 9.88. The third-order valence-corrected chi connectivity index (χ3v) is 3.26. The molecular formula is C15H15N3O2. The van der Waals surface area contributed by atoms with Crippen LogP contribution >= 0.6 is 0 Å². The van der Waals surface area contributed by atoms with E-state index in [0.29, 0.717) is 31.4 Å². The van der Waals surface area contributed by atoms with E-state index < -0.39 is 0 Å². The van der Waals surface area contributed by atoms with Gasteiger partial charge in [0.1, 0.15) is 5.75 Å². The predicted octanol–water partition coefficient (Wildman–Crippen LogP) is 1.71. The lowest BCUT2D eigenvalue weighted by molar-refractivity contribution is 0.272. The molecule has 1 N–H and O–H groups in total. The number of para-hydroxylation sites is 1. The van der Waals surface area contributed by atoms with Gasteiger partial charge in [0.25, 0.3) is 0 Å². The summed E-state index contributed by atoms with van der Waals surface area (Å²) in [4.78, 5) is 4.44. The monoisotopic (exact) mass is 269 g/mol. The van der Waals surface area contributed by atoms with Crippen LogP contribution in [0, 0.1) is 12.3 Å². The number of hydrogen-bond acceptors (Lipinski definition) is 5. The number of fused-ring (bicyclic) bond motifs is 1. The molecule has 0 aliphatic carbocycles. The number of hydrogen-bond donors (Lipinski definition) is 1. The summed E-state index contributed by atoms with van der Waals surface area (Å²) in [6.45, 7) is 1.64. The van der Waals surface area contributed by atoms with Gasteiger partial charge in [-0.15, -0.1) is 6.42 Å². The molecule has 2 aromatic rings. The van der Waals surface area contributed by atoms with Gasteiger partial charge in [-0.25, -0.2) is 0 Å². The van der Waals surface area contributed by atoms with Crippen LogP contribution in [0.1, 0.15) is 29.6 Å². The molecule has 0 bridgehead atoms. The van der Waals surface area contributed by atoms with Crippen molar-refractivity contribution >= 4 is 0 Å². The van der Waals surface area contributed by atoms with Gasteiger partial charge in [0.15, 0.2) is 5.82 Å². The summed E-state index contributed by atoms with van der Waals surface area (Å²) in [7, 11) is 0. The van der Waals surface area contributed by atoms with E-state index in [2.05, 4.69) is 21.4 Å². The lowest BCUT2D eigenvalue weighted by Gasteiger charge is -2.23. The predicted molar refractivity (Wildman–Crippen MR) is 73.2 cm³/mol. The zero-order valence-electron chi connectivity index (χ0n) is 11.0. The van der Waals surface area contributed by atoms with Crippen LogP contribution in [-0.2, 0) is 6.54 Å². The smallest absolute Gasteiger partial charge is 0.240 e. The molecule has 1 atom stereocenters. The second kappa shape index (κ2) is 5.76. The summed E-state index contributed by atoms with van der Waals surface area (Å²) in [5, 5.41) is 7.11. The van der Waals surface area contributed by atoms with Gasteiger partial charge in [-0.3, -0.25) is 5.32 Å². The zero-order chi connectivity index (χ0) is 13.8. The molecule has 0 saturated heterocycles. The molecule has 0 saturated carbocycles. The maximum atomic E-state index is 5.64. The molecule has 5 heteroatoms. The van der Waals surface area contributed by atoms with Crippen LogP contribution in [0.25, 0.3) is 0 Å². The van der Waals surface area contributed by atoms with Crippen LogP contribution in [0.15, 0.2) is 28.8 Å². The topological polar surface area (TPSA) is 60.2 Å². The van der Waals surface area contributed by atoms with Gasteiger partial charge in [0.2, 0.25) is 5.89 Å². The fourth-order valence-corrected chi connectivity index (χ4v) is 2.33. The molecule has 5 nitrogen and oxygen atoms in total. The summed E-state index contributed by atoms with van der Waals surface area (Å²) in [6.07, 6.45) is 6.03. The van der Waals surface area contributed by atoms with E-state index in [0.717, 1.165) is 17.7 Å². The first kappa shape index (κ1) is 12.7. The maximum Gasteiger partial charge on any atom is 0.240 e. The normalized spacial score (nSPS) is 17.1. The van der Waals surface area contributed by atoms with E-state index in [1.807, 2.05) is 24.3 Å². The summed E-state index contributed by atoms with van der Waals surface area (Å²) >= 11 is 0. The molecule has 0 spiro atoms. The molecule has 1 aromatic carbocycles. The quantitative estimate of drug-likeness (QED) is 0.676. The standard InChI is InChI=1S/C15H15N3O2/c1-2-8-16-10-14-17-15(18-20-14)12-7-9-19-13-6-4-3-5-11(12)13/h1,3-6,12,16H,7-10H2.